The van der Waals surface area contributed by atoms with Crippen LogP contribution in [-0.2, 0) is 0 Å². The fraction of sp³-hybridized carbons (Fsp3) is 0. The molecule has 0 atom stereocenters. The Morgan fingerprint density at radius 3 is 1.43 bits per heavy atom. The van der Waals surface area contributed by atoms with Crippen LogP contribution in [-0.4, -0.2) is 4.57 Å². The molecule has 0 aliphatic carbocycles. The van der Waals surface area contributed by atoms with E-state index in [-0.39, 0.29) is 0 Å². The number of para-hydroxylation sites is 3. The third kappa shape index (κ3) is 5.65. The second-order valence-corrected chi connectivity index (χ2v) is 14.5. The molecule has 3 nitrogen and oxygen atoms in total. The van der Waals surface area contributed by atoms with Gasteiger partial charge in [-0.25, -0.2) is 0 Å². The SMILES string of the molecule is c1ccc(-c2ccc(N(c3ccc(-c4ccccc4)cc3)c3ccc4c5c(n(-c6ccccc6)c4c3)N(c3ccccc3)c3ccccc3S5)cc2)cc1. The van der Waals surface area contributed by atoms with Gasteiger partial charge >= 0.3 is 0 Å². The van der Waals surface area contributed by atoms with Gasteiger partial charge in [0.2, 0.25) is 0 Å². The van der Waals surface area contributed by atoms with Crippen LogP contribution in [0.2, 0.25) is 0 Å². The molecule has 1 aliphatic heterocycles. The molecule has 0 bridgehead atoms. The third-order valence-electron chi connectivity index (χ3n) is 10.2. The summed E-state index contributed by atoms with van der Waals surface area (Å²) in [6.07, 6.45) is 0. The van der Waals surface area contributed by atoms with Crippen LogP contribution in [0.15, 0.2) is 222 Å². The van der Waals surface area contributed by atoms with E-state index in [0.717, 1.165) is 39.8 Å². The number of fused-ring (bicyclic) bond motifs is 4. The molecule has 8 aromatic carbocycles. The van der Waals surface area contributed by atoms with Crippen molar-refractivity contribution in [1.82, 2.24) is 4.57 Å². The standard InChI is InChI=1S/C50H35N3S/c1-5-15-36(16-6-1)38-25-29-42(30-26-38)51(43-31-27-39(28-32-43)37-17-7-2-8-18-37)44-33-34-45-47(35-44)53(41-21-11-4-12-22-41)50-49(45)54-48-24-14-13-23-46(48)52(50)40-19-9-3-10-20-40/h1-35H. The quantitative estimate of drug-likeness (QED) is 0.163. The Kier molecular flexibility index (Phi) is 8.08. The molecule has 0 radical (unpaired) electrons. The van der Waals surface area contributed by atoms with Gasteiger partial charge in [0.25, 0.3) is 0 Å². The third-order valence-corrected chi connectivity index (χ3v) is 11.3. The number of nitrogens with zero attached hydrogens (tertiary/aromatic N) is 3. The van der Waals surface area contributed by atoms with E-state index >= 15 is 0 Å². The van der Waals surface area contributed by atoms with Crippen molar-refractivity contribution < 1.29 is 0 Å². The summed E-state index contributed by atoms with van der Waals surface area (Å²) in [6.45, 7) is 0. The fourth-order valence-electron chi connectivity index (χ4n) is 7.62. The highest BCUT2D eigenvalue weighted by molar-refractivity contribution is 8.00. The molecule has 2 heterocycles. The van der Waals surface area contributed by atoms with Crippen molar-refractivity contribution in [2.24, 2.45) is 0 Å². The Morgan fingerprint density at radius 2 is 0.852 bits per heavy atom. The van der Waals surface area contributed by atoms with E-state index in [9.17, 15) is 0 Å². The lowest BCUT2D eigenvalue weighted by molar-refractivity contribution is 1.03. The van der Waals surface area contributed by atoms with Gasteiger partial charge in [0.1, 0.15) is 5.82 Å². The highest BCUT2D eigenvalue weighted by Gasteiger charge is 2.32. The Morgan fingerprint density at radius 1 is 0.389 bits per heavy atom. The van der Waals surface area contributed by atoms with E-state index in [1.54, 1.807) is 0 Å². The molecule has 54 heavy (non-hydrogen) atoms. The largest absolute Gasteiger partial charge is 0.310 e. The molecular weight excluding hydrogens is 675 g/mol. The predicted octanol–water partition coefficient (Wildman–Crippen LogP) is 14.4. The van der Waals surface area contributed by atoms with E-state index in [2.05, 4.69) is 227 Å². The number of benzene rings is 8. The van der Waals surface area contributed by atoms with Crippen molar-refractivity contribution in [2.45, 2.75) is 9.79 Å². The minimum Gasteiger partial charge on any atom is -0.310 e. The monoisotopic (exact) mass is 709 g/mol. The highest BCUT2D eigenvalue weighted by atomic mass is 32.2. The molecule has 0 N–H and O–H groups in total. The molecule has 1 aliphatic rings. The first kappa shape index (κ1) is 31.9. The Balaban J connectivity index is 1.18. The molecule has 1 aromatic heterocycles. The average Bonchev–Trinajstić information content (AvgIpc) is 3.57. The summed E-state index contributed by atoms with van der Waals surface area (Å²) < 4.78 is 2.44. The molecule has 0 fully saturated rings. The van der Waals surface area contributed by atoms with Crippen LogP contribution in [0.4, 0.5) is 34.3 Å². The van der Waals surface area contributed by atoms with E-state index in [1.165, 1.54) is 43.1 Å². The minimum absolute atomic E-state index is 1.09. The number of anilines is 6. The molecule has 256 valence electrons. The lowest BCUT2D eigenvalue weighted by atomic mass is 10.0. The Bertz CT molecular complexity index is 2620. The molecule has 0 amide bonds. The van der Waals surface area contributed by atoms with Gasteiger partial charge in [-0.3, -0.25) is 9.47 Å². The Labute approximate surface area is 320 Å². The van der Waals surface area contributed by atoms with Gasteiger partial charge < -0.3 is 4.90 Å². The number of aromatic nitrogens is 1. The summed E-state index contributed by atoms with van der Waals surface area (Å²) in [7, 11) is 0. The van der Waals surface area contributed by atoms with Crippen LogP contribution in [0, 0.1) is 0 Å². The average molecular weight is 710 g/mol. The molecular formula is C50H35N3S. The first-order valence-electron chi connectivity index (χ1n) is 18.3. The molecule has 0 saturated heterocycles. The van der Waals surface area contributed by atoms with Crippen LogP contribution < -0.4 is 9.80 Å². The van der Waals surface area contributed by atoms with Crippen molar-refractivity contribution in [2.75, 3.05) is 9.80 Å². The second kappa shape index (κ2) is 13.7. The molecule has 0 saturated carbocycles. The van der Waals surface area contributed by atoms with Gasteiger partial charge in [-0.15, -0.1) is 0 Å². The maximum absolute atomic E-state index is 2.44. The van der Waals surface area contributed by atoms with Gasteiger partial charge in [-0.05, 0) is 101 Å². The number of rotatable bonds is 7. The lowest BCUT2D eigenvalue weighted by Gasteiger charge is -2.32. The van der Waals surface area contributed by atoms with Gasteiger partial charge in [-0.2, -0.15) is 0 Å². The lowest BCUT2D eigenvalue weighted by Crippen LogP contribution is -2.17. The van der Waals surface area contributed by atoms with Gasteiger partial charge in [0.15, 0.2) is 0 Å². The smallest absolute Gasteiger partial charge is 0.137 e. The van der Waals surface area contributed by atoms with E-state index in [0.29, 0.717) is 0 Å². The summed E-state index contributed by atoms with van der Waals surface area (Å²) in [5, 5.41) is 1.22. The summed E-state index contributed by atoms with van der Waals surface area (Å²) in [5.74, 6) is 1.15. The van der Waals surface area contributed by atoms with E-state index < -0.39 is 0 Å². The van der Waals surface area contributed by atoms with Crippen LogP contribution in [0.1, 0.15) is 0 Å². The maximum Gasteiger partial charge on any atom is 0.137 e. The topological polar surface area (TPSA) is 11.4 Å². The molecule has 0 unspecified atom stereocenters. The molecule has 9 aromatic rings. The van der Waals surface area contributed by atoms with Crippen LogP contribution in [0.25, 0.3) is 38.8 Å². The Hall–Kier alpha value is -6.75. The van der Waals surface area contributed by atoms with Crippen molar-refractivity contribution in [3.63, 3.8) is 0 Å². The van der Waals surface area contributed by atoms with Gasteiger partial charge in [-0.1, -0.05) is 145 Å². The molecule has 10 rings (SSSR count). The van der Waals surface area contributed by atoms with Crippen molar-refractivity contribution in [3.05, 3.63) is 212 Å². The fourth-order valence-corrected chi connectivity index (χ4v) is 8.80. The van der Waals surface area contributed by atoms with E-state index in [4.69, 9.17) is 0 Å². The first-order valence-corrected chi connectivity index (χ1v) is 19.1. The molecule has 0 spiro atoms. The van der Waals surface area contributed by atoms with Crippen molar-refractivity contribution in [1.29, 1.82) is 0 Å². The van der Waals surface area contributed by atoms with Crippen LogP contribution in [0.5, 0.6) is 0 Å². The number of hydrogen-bond donors (Lipinski definition) is 0. The van der Waals surface area contributed by atoms with Crippen molar-refractivity contribution >= 4 is 56.9 Å². The minimum atomic E-state index is 1.09. The maximum atomic E-state index is 2.44. The van der Waals surface area contributed by atoms with Gasteiger partial charge in [0, 0.05) is 38.7 Å². The summed E-state index contributed by atoms with van der Waals surface area (Å²) in [5.41, 5.74) is 12.6. The zero-order chi connectivity index (χ0) is 35.8. The summed E-state index contributed by atoms with van der Waals surface area (Å²) in [6, 6.07) is 76.2. The normalized spacial score (nSPS) is 12.0. The zero-order valence-electron chi connectivity index (χ0n) is 29.5. The van der Waals surface area contributed by atoms with Crippen molar-refractivity contribution in [3.8, 4) is 27.9 Å². The summed E-state index contributed by atoms with van der Waals surface area (Å²) >= 11 is 1.86. The predicted molar refractivity (Wildman–Crippen MR) is 228 cm³/mol. The summed E-state index contributed by atoms with van der Waals surface area (Å²) in [4.78, 5) is 7.29. The highest BCUT2D eigenvalue weighted by Crippen LogP contribution is 2.56. The molecule has 4 heteroatoms. The van der Waals surface area contributed by atoms with Crippen LogP contribution in [0.3, 0.4) is 0 Å². The van der Waals surface area contributed by atoms with E-state index in [1.807, 2.05) is 11.8 Å². The van der Waals surface area contributed by atoms with Gasteiger partial charge in [0.05, 0.1) is 16.1 Å². The number of hydrogen-bond acceptors (Lipinski definition) is 3. The first-order chi connectivity index (χ1) is 26.8. The zero-order valence-corrected chi connectivity index (χ0v) is 30.3. The second-order valence-electron chi connectivity index (χ2n) is 13.4. The van der Waals surface area contributed by atoms with Crippen LogP contribution >= 0.6 is 11.8 Å².